The Balaban J connectivity index is 2.10. The molecule has 0 bridgehead atoms. The van der Waals surface area contributed by atoms with Gasteiger partial charge in [0, 0.05) is 5.38 Å². The van der Waals surface area contributed by atoms with Crippen LogP contribution >= 0.6 is 11.3 Å². The van der Waals surface area contributed by atoms with Gasteiger partial charge >= 0.3 is 5.97 Å². The Bertz CT molecular complexity index is 647. The number of rotatable bonds is 6. The van der Waals surface area contributed by atoms with E-state index >= 15 is 0 Å². The first-order valence-electron chi connectivity index (χ1n) is 6.57. The number of hydrogen-bond acceptors (Lipinski definition) is 5. The standard InChI is InChI=1S/C14H16N2O4S/c1-3-4-9(14(18)19)15-12(17)10-7-21-13(16-10)11-6-5-8(2)20-11/h5-7,9H,3-4H2,1-2H3,(H,15,17)(H,18,19). The summed E-state index contributed by atoms with van der Waals surface area (Å²) in [5.74, 6) is -0.163. The number of amides is 1. The van der Waals surface area contributed by atoms with Gasteiger partial charge in [-0.05, 0) is 25.5 Å². The van der Waals surface area contributed by atoms with Crippen LogP contribution < -0.4 is 5.32 Å². The molecule has 1 amide bonds. The molecule has 7 heteroatoms. The molecule has 0 fully saturated rings. The van der Waals surface area contributed by atoms with Crippen molar-refractivity contribution in [2.75, 3.05) is 0 Å². The number of nitrogens with one attached hydrogen (secondary N) is 1. The van der Waals surface area contributed by atoms with Crippen LogP contribution in [0.2, 0.25) is 0 Å². The van der Waals surface area contributed by atoms with Gasteiger partial charge in [0.2, 0.25) is 0 Å². The molecule has 6 nitrogen and oxygen atoms in total. The number of aryl methyl sites for hydroxylation is 1. The molecule has 0 aliphatic carbocycles. The molecule has 2 aromatic rings. The zero-order valence-electron chi connectivity index (χ0n) is 11.8. The first-order chi connectivity index (χ1) is 10.0. The molecule has 0 aliphatic rings. The van der Waals surface area contributed by atoms with Gasteiger partial charge in [-0.1, -0.05) is 13.3 Å². The van der Waals surface area contributed by atoms with Gasteiger partial charge in [-0.3, -0.25) is 4.79 Å². The Morgan fingerprint density at radius 2 is 2.24 bits per heavy atom. The molecular formula is C14H16N2O4S. The number of hydrogen-bond donors (Lipinski definition) is 2. The van der Waals surface area contributed by atoms with Crippen LogP contribution in [0, 0.1) is 6.92 Å². The van der Waals surface area contributed by atoms with Gasteiger partial charge in [0.05, 0.1) is 0 Å². The second-order valence-corrected chi connectivity index (χ2v) is 5.46. The number of aromatic nitrogens is 1. The van der Waals surface area contributed by atoms with Crippen LogP contribution in [0.4, 0.5) is 0 Å². The van der Waals surface area contributed by atoms with Crippen LogP contribution in [0.5, 0.6) is 0 Å². The highest BCUT2D eigenvalue weighted by atomic mass is 32.1. The Hall–Kier alpha value is -2.15. The lowest BCUT2D eigenvalue weighted by atomic mass is 10.1. The minimum Gasteiger partial charge on any atom is -0.480 e. The minimum absolute atomic E-state index is 0.200. The lowest BCUT2D eigenvalue weighted by molar-refractivity contribution is -0.139. The normalized spacial score (nSPS) is 12.1. The van der Waals surface area contributed by atoms with Crippen molar-refractivity contribution in [2.24, 2.45) is 0 Å². The first kappa shape index (κ1) is 15.2. The van der Waals surface area contributed by atoms with Crippen molar-refractivity contribution in [1.29, 1.82) is 0 Å². The Morgan fingerprint density at radius 3 is 2.81 bits per heavy atom. The average Bonchev–Trinajstić information content (AvgIpc) is 3.06. The largest absolute Gasteiger partial charge is 0.480 e. The van der Waals surface area contributed by atoms with Crippen molar-refractivity contribution >= 4 is 23.2 Å². The lowest BCUT2D eigenvalue weighted by Crippen LogP contribution is -2.40. The van der Waals surface area contributed by atoms with Crippen LogP contribution in [0.1, 0.15) is 36.0 Å². The van der Waals surface area contributed by atoms with E-state index in [1.807, 2.05) is 19.9 Å². The second-order valence-electron chi connectivity index (χ2n) is 4.60. The molecule has 21 heavy (non-hydrogen) atoms. The highest BCUT2D eigenvalue weighted by molar-refractivity contribution is 7.13. The zero-order chi connectivity index (χ0) is 15.4. The molecule has 2 rings (SSSR count). The average molecular weight is 308 g/mol. The van der Waals surface area contributed by atoms with Crippen LogP contribution in [-0.2, 0) is 4.79 Å². The summed E-state index contributed by atoms with van der Waals surface area (Å²) < 4.78 is 5.44. The number of carboxylic acid groups (broad SMARTS) is 1. The van der Waals surface area contributed by atoms with Crippen LogP contribution in [0.25, 0.3) is 10.8 Å². The highest BCUT2D eigenvalue weighted by Crippen LogP contribution is 2.25. The van der Waals surface area contributed by atoms with Crippen molar-refractivity contribution in [1.82, 2.24) is 10.3 Å². The van der Waals surface area contributed by atoms with Crippen LogP contribution in [-0.4, -0.2) is 28.0 Å². The van der Waals surface area contributed by atoms with Gasteiger partial charge in [-0.2, -0.15) is 0 Å². The molecule has 0 radical (unpaired) electrons. The SMILES string of the molecule is CCCC(NC(=O)c1csc(-c2ccc(C)o2)n1)C(=O)O. The van der Waals surface area contributed by atoms with Crippen molar-refractivity contribution in [3.63, 3.8) is 0 Å². The van der Waals surface area contributed by atoms with E-state index in [1.165, 1.54) is 11.3 Å². The molecule has 112 valence electrons. The number of carbonyl (C=O) groups excluding carboxylic acids is 1. The number of carboxylic acids is 1. The Morgan fingerprint density at radius 1 is 1.48 bits per heavy atom. The monoisotopic (exact) mass is 308 g/mol. The van der Waals surface area contributed by atoms with Gasteiger partial charge in [-0.15, -0.1) is 11.3 Å². The van der Waals surface area contributed by atoms with Crippen LogP contribution in [0.3, 0.4) is 0 Å². The molecule has 2 aromatic heterocycles. The lowest BCUT2D eigenvalue weighted by Gasteiger charge is -2.12. The van der Waals surface area contributed by atoms with Gasteiger partial charge in [0.15, 0.2) is 10.8 Å². The van der Waals surface area contributed by atoms with Crippen molar-refractivity contribution in [3.8, 4) is 10.8 Å². The molecule has 2 heterocycles. The van der Waals surface area contributed by atoms with E-state index in [0.29, 0.717) is 23.6 Å². The molecule has 0 saturated carbocycles. The maximum atomic E-state index is 12.0. The van der Waals surface area contributed by atoms with Gasteiger partial charge in [0.25, 0.3) is 5.91 Å². The predicted octanol–water partition coefficient (Wildman–Crippen LogP) is 2.69. The third-order valence-electron chi connectivity index (χ3n) is 2.87. The summed E-state index contributed by atoms with van der Waals surface area (Å²) >= 11 is 1.28. The van der Waals surface area contributed by atoms with E-state index in [2.05, 4.69) is 10.3 Å². The molecule has 0 aliphatic heterocycles. The second kappa shape index (κ2) is 6.53. The quantitative estimate of drug-likeness (QED) is 0.856. The van der Waals surface area contributed by atoms with Crippen molar-refractivity contribution in [3.05, 3.63) is 29.0 Å². The smallest absolute Gasteiger partial charge is 0.326 e. The number of aliphatic carboxylic acids is 1. The van der Waals surface area contributed by atoms with Crippen LogP contribution in [0.15, 0.2) is 21.9 Å². The topological polar surface area (TPSA) is 92.4 Å². The summed E-state index contributed by atoms with van der Waals surface area (Å²) in [6, 6.07) is 2.71. The molecular weight excluding hydrogens is 292 g/mol. The third-order valence-corrected chi connectivity index (χ3v) is 3.73. The van der Waals surface area contributed by atoms with E-state index < -0.39 is 17.9 Å². The van der Waals surface area contributed by atoms with Gasteiger partial charge in [0.1, 0.15) is 17.5 Å². The fraction of sp³-hybridized carbons (Fsp3) is 0.357. The molecule has 0 saturated heterocycles. The van der Waals surface area contributed by atoms with E-state index in [1.54, 1.807) is 11.4 Å². The summed E-state index contributed by atoms with van der Waals surface area (Å²) in [6.07, 6.45) is 1.06. The van der Waals surface area contributed by atoms with Gasteiger partial charge in [-0.25, -0.2) is 9.78 Å². The van der Waals surface area contributed by atoms with E-state index in [9.17, 15) is 9.59 Å². The third kappa shape index (κ3) is 3.69. The van der Waals surface area contributed by atoms with Crippen molar-refractivity contribution in [2.45, 2.75) is 32.7 Å². The number of carbonyl (C=O) groups is 2. The first-order valence-corrected chi connectivity index (χ1v) is 7.45. The minimum atomic E-state index is -1.04. The van der Waals surface area contributed by atoms with Gasteiger partial charge < -0.3 is 14.8 Å². The van der Waals surface area contributed by atoms with E-state index in [4.69, 9.17) is 9.52 Å². The van der Waals surface area contributed by atoms with Crippen molar-refractivity contribution < 1.29 is 19.1 Å². The highest BCUT2D eigenvalue weighted by Gasteiger charge is 2.21. The molecule has 0 aromatic carbocycles. The summed E-state index contributed by atoms with van der Waals surface area (Å²) in [6.45, 7) is 3.69. The fourth-order valence-electron chi connectivity index (χ4n) is 1.82. The molecule has 1 atom stereocenters. The number of thiazole rings is 1. The summed E-state index contributed by atoms with van der Waals surface area (Å²) in [5.41, 5.74) is 0.200. The maximum Gasteiger partial charge on any atom is 0.326 e. The fourth-order valence-corrected chi connectivity index (χ4v) is 2.58. The Labute approximate surface area is 125 Å². The molecule has 2 N–H and O–H groups in total. The van der Waals surface area contributed by atoms with E-state index in [0.717, 1.165) is 5.76 Å². The Kier molecular flexibility index (Phi) is 4.74. The summed E-state index contributed by atoms with van der Waals surface area (Å²) in [4.78, 5) is 27.2. The predicted molar refractivity (Wildman–Crippen MR) is 78.4 cm³/mol. The number of nitrogens with zero attached hydrogens (tertiary/aromatic N) is 1. The zero-order valence-corrected chi connectivity index (χ0v) is 12.6. The summed E-state index contributed by atoms with van der Waals surface area (Å²) in [7, 11) is 0. The van der Waals surface area contributed by atoms with E-state index in [-0.39, 0.29) is 5.69 Å². The molecule has 0 spiro atoms. The summed E-state index contributed by atoms with van der Waals surface area (Å²) in [5, 5.41) is 13.7. The molecule has 1 unspecified atom stereocenters. The maximum absolute atomic E-state index is 12.0. The number of furan rings is 1.